The molecule has 1 fully saturated rings. The van der Waals surface area contributed by atoms with Crippen LogP contribution in [0.25, 0.3) is 0 Å². The minimum absolute atomic E-state index is 0. The lowest BCUT2D eigenvalue weighted by Crippen LogP contribution is -2.46. The van der Waals surface area contributed by atoms with Crippen molar-refractivity contribution >= 4 is 29.9 Å². The first-order valence-electron chi connectivity index (χ1n) is 10.8. The summed E-state index contributed by atoms with van der Waals surface area (Å²) in [6.07, 6.45) is 0. The Hall–Kier alpha value is -2.04. The molecule has 1 saturated heterocycles. The second-order valence-corrected chi connectivity index (χ2v) is 7.34. The second kappa shape index (κ2) is 14.2. The highest BCUT2D eigenvalue weighted by Crippen LogP contribution is 2.32. The molecule has 32 heavy (non-hydrogen) atoms. The van der Waals surface area contributed by atoms with E-state index in [2.05, 4.69) is 46.7 Å². The van der Waals surface area contributed by atoms with Gasteiger partial charge in [0, 0.05) is 26.2 Å². The first-order chi connectivity index (χ1) is 15.2. The van der Waals surface area contributed by atoms with Crippen molar-refractivity contribution in [2.24, 2.45) is 4.99 Å². The summed E-state index contributed by atoms with van der Waals surface area (Å²) in [5.41, 5.74) is 2.36. The normalized spacial score (nSPS) is 15.4. The fourth-order valence-electron chi connectivity index (χ4n) is 3.70. The molecule has 1 aliphatic heterocycles. The Labute approximate surface area is 208 Å². The van der Waals surface area contributed by atoms with E-state index in [0.29, 0.717) is 6.54 Å². The van der Waals surface area contributed by atoms with Crippen LogP contribution in [-0.4, -0.2) is 64.5 Å². The molecule has 3 rings (SSSR count). The summed E-state index contributed by atoms with van der Waals surface area (Å²) in [6, 6.07) is 16.6. The summed E-state index contributed by atoms with van der Waals surface area (Å²) in [4.78, 5) is 7.21. The second-order valence-electron chi connectivity index (χ2n) is 7.34. The van der Waals surface area contributed by atoms with Gasteiger partial charge in [-0.3, -0.25) is 4.90 Å². The van der Waals surface area contributed by atoms with Crippen molar-refractivity contribution in [2.45, 2.75) is 19.5 Å². The molecular weight excluding hydrogens is 519 g/mol. The number of benzene rings is 2. The molecule has 0 aromatic heterocycles. The monoisotopic (exact) mass is 554 g/mol. The first-order valence-corrected chi connectivity index (χ1v) is 10.8. The number of hydrogen-bond acceptors (Lipinski definition) is 5. The Morgan fingerprint density at radius 1 is 1.03 bits per heavy atom. The molecule has 0 amide bonds. The number of guanidine groups is 1. The third kappa shape index (κ3) is 7.53. The molecule has 2 aromatic rings. The third-order valence-corrected chi connectivity index (χ3v) is 5.35. The molecule has 1 heterocycles. The van der Waals surface area contributed by atoms with Crippen LogP contribution in [-0.2, 0) is 11.3 Å². The largest absolute Gasteiger partial charge is 0.493 e. The molecule has 0 spiro atoms. The molecule has 2 N–H and O–H groups in total. The molecule has 0 radical (unpaired) electrons. The van der Waals surface area contributed by atoms with Crippen LogP contribution in [0.2, 0.25) is 0 Å². The number of nitrogens with zero attached hydrogens (tertiary/aromatic N) is 2. The van der Waals surface area contributed by atoms with Gasteiger partial charge in [-0.25, -0.2) is 4.99 Å². The quantitative estimate of drug-likeness (QED) is 0.281. The van der Waals surface area contributed by atoms with E-state index in [1.165, 1.54) is 11.1 Å². The number of morpholine rings is 1. The molecular formula is C24H35IN4O3. The fourth-order valence-corrected chi connectivity index (χ4v) is 3.70. The van der Waals surface area contributed by atoms with Gasteiger partial charge in [0.2, 0.25) is 0 Å². The number of nitrogens with one attached hydrogen (secondary N) is 2. The topological polar surface area (TPSA) is 67.4 Å². The van der Waals surface area contributed by atoms with E-state index in [9.17, 15) is 0 Å². The predicted octanol–water partition coefficient (Wildman–Crippen LogP) is 3.45. The minimum Gasteiger partial charge on any atom is -0.493 e. The van der Waals surface area contributed by atoms with Crippen molar-refractivity contribution in [1.29, 1.82) is 0 Å². The van der Waals surface area contributed by atoms with Gasteiger partial charge in [0.25, 0.3) is 0 Å². The summed E-state index contributed by atoms with van der Waals surface area (Å²) >= 11 is 0. The molecule has 0 saturated carbocycles. The predicted molar refractivity (Wildman–Crippen MR) is 139 cm³/mol. The summed E-state index contributed by atoms with van der Waals surface area (Å²) in [7, 11) is 3.33. The molecule has 8 heteroatoms. The van der Waals surface area contributed by atoms with Crippen LogP contribution in [0.15, 0.2) is 53.5 Å². The van der Waals surface area contributed by atoms with Gasteiger partial charge >= 0.3 is 0 Å². The first kappa shape index (κ1) is 26.2. The van der Waals surface area contributed by atoms with Crippen molar-refractivity contribution in [3.8, 4) is 11.5 Å². The van der Waals surface area contributed by atoms with Gasteiger partial charge in [-0.1, -0.05) is 36.4 Å². The Balaban J connectivity index is 0.00000363. The molecule has 1 atom stereocenters. The van der Waals surface area contributed by atoms with Gasteiger partial charge in [0.05, 0.1) is 40.0 Å². The molecule has 0 aliphatic carbocycles. The Kier molecular flexibility index (Phi) is 11.6. The van der Waals surface area contributed by atoms with Gasteiger partial charge in [-0.2, -0.15) is 0 Å². The van der Waals surface area contributed by atoms with Gasteiger partial charge < -0.3 is 24.8 Å². The summed E-state index contributed by atoms with van der Waals surface area (Å²) in [6.45, 7) is 7.49. The van der Waals surface area contributed by atoms with Crippen molar-refractivity contribution in [3.05, 3.63) is 59.7 Å². The third-order valence-electron chi connectivity index (χ3n) is 5.35. The van der Waals surface area contributed by atoms with Crippen LogP contribution in [0, 0.1) is 0 Å². The average Bonchev–Trinajstić information content (AvgIpc) is 2.83. The Morgan fingerprint density at radius 3 is 2.41 bits per heavy atom. The van der Waals surface area contributed by atoms with Crippen molar-refractivity contribution < 1.29 is 14.2 Å². The van der Waals surface area contributed by atoms with E-state index in [1.807, 2.05) is 24.3 Å². The van der Waals surface area contributed by atoms with Crippen LogP contribution in [0.1, 0.15) is 24.1 Å². The maximum atomic E-state index is 5.58. The molecule has 0 bridgehead atoms. The average molecular weight is 554 g/mol. The SMILES string of the molecule is CCNC(=NCc1ccccc1)NCC(c1ccc(OC)c(OC)c1)N1CCOCC1.I. The number of halogens is 1. The van der Waals surface area contributed by atoms with E-state index in [4.69, 9.17) is 19.2 Å². The highest BCUT2D eigenvalue weighted by Gasteiger charge is 2.24. The highest BCUT2D eigenvalue weighted by molar-refractivity contribution is 14.0. The van der Waals surface area contributed by atoms with E-state index in [-0.39, 0.29) is 30.0 Å². The zero-order valence-corrected chi connectivity index (χ0v) is 21.5. The molecule has 2 aromatic carbocycles. The van der Waals surface area contributed by atoms with E-state index >= 15 is 0 Å². The van der Waals surface area contributed by atoms with Gasteiger partial charge in [0.15, 0.2) is 17.5 Å². The van der Waals surface area contributed by atoms with Gasteiger partial charge in [-0.05, 0) is 30.2 Å². The van der Waals surface area contributed by atoms with Crippen LogP contribution in [0.3, 0.4) is 0 Å². The zero-order valence-electron chi connectivity index (χ0n) is 19.2. The number of methoxy groups -OCH3 is 2. The van der Waals surface area contributed by atoms with E-state index in [1.54, 1.807) is 14.2 Å². The van der Waals surface area contributed by atoms with E-state index in [0.717, 1.165) is 56.9 Å². The fraction of sp³-hybridized carbons (Fsp3) is 0.458. The lowest BCUT2D eigenvalue weighted by atomic mass is 10.0. The van der Waals surface area contributed by atoms with Crippen molar-refractivity contribution in [3.63, 3.8) is 0 Å². The van der Waals surface area contributed by atoms with Gasteiger partial charge in [0.1, 0.15) is 0 Å². The lowest BCUT2D eigenvalue weighted by molar-refractivity contribution is 0.0169. The van der Waals surface area contributed by atoms with Crippen LogP contribution < -0.4 is 20.1 Å². The van der Waals surface area contributed by atoms with Crippen LogP contribution in [0.4, 0.5) is 0 Å². The maximum absolute atomic E-state index is 5.58. The number of ether oxygens (including phenoxy) is 3. The number of rotatable bonds is 9. The standard InChI is InChI=1S/C24H34N4O3.HI/c1-4-25-24(26-17-19-8-6-5-7-9-19)27-18-21(28-12-14-31-15-13-28)20-10-11-22(29-2)23(16-20)30-3;/h5-11,16,21H,4,12-15,17-18H2,1-3H3,(H2,25,26,27);1H. The molecule has 7 nitrogen and oxygen atoms in total. The molecule has 1 aliphatic rings. The molecule has 1 unspecified atom stereocenters. The van der Waals surface area contributed by atoms with Crippen molar-refractivity contribution in [2.75, 3.05) is 53.6 Å². The van der Waals surface area contributed by atoms with Crippen molar-refractivity contribution in [1.82, 2.24) is 15.5 Å². The highest BCUT2D eigenvalue weighted by atomic mass is 127. The van der Waals surface area contributed by atoms with Crippen LogP contribution >= 0.6 is 24.0 Å². The number of aliphatic imine (C=N–C) groups is 1. The smallest absolute Gasteiger partial charge is 0.191 e. The van der Waals surface area contributed by atoms with E-state index < -0.39 is 0 Å². The zero-order chi connectivity index (χ0) is 21.9. The number of hydrogen-bond donors (Lipinski definition) is 2. The summed E-state index contributed by atoms with van der Waals surface area (Å²) < 4.78 is 16.5. The minimum atomic E-state index is 0. The Bertz CT molecular complexity index is 829. The molecule has 176 valence electrons. The summed E-state index contributed by atoms with van der Waals surface area (Å²) in [5.74, 6) is 2.28. The summed E-state index contributed by atoms with van der Waals surface area (Å²) in [5, 5.41) is 6.89. The maximum Gasteiger partial charge on any atom is 0.191 e. The lowest BCUT2D eigenvalue weighted by Gasteiger charge is -2.35. The van der Waals surface area contributed by atoms with Crippen LogP contribution in [0.5, 0.6) is 11.5 Å². The Morgan fingerprint density at radius 2 is 1.75 bits per heavy atom. The van der Waals surface area contributed by atoms with Gasteiger partial charge in [-0.15, -0.1) is 24.0 Å².